The summed E-state index contributed by atoms with van der Waals surface area (Å²) in [5.41, 5.74) is 6.91. The molecule has 0 aromatic heterocycles. The van der Waals surface area contributed by atoms with Gasteiger partial charge in [0.1, 0.15) is 0 Å². The highest BCUT2D eigenvalue weighted by Gasteiger charge is 2.09. The topological polar surface area (TPSA) is 29.3 Å². The van der Waals surface area contributed by atoms with E-state index in [1.54, 1.807) is 25.2 Å². The first-order valence-electron chi connectivity index (χ1n) is 4.52. The Labute approximate surface area is 92.6 Å². The SMILES string of the molecule is CN(CC(F)F)c1ccc(CN)c(Cl)c1. The average molecular weight is 235 g/mol. The number of benzene rings is 1. The molecule has 2 nitrogen and oxygen atoms in total. The smallest absolute Gasteiger partial charge is 0.255 e. The lowest BCUT2D eigenvalue weighted by atomic mass is 10.2. The van der Waals surface area contributed by atoms with Crippen LogP contribution in [0.3, 0.4) is 0 Å². The maximum atomic E-state index is 12.1. The lowest BCUT2D eigenvalue weighted by Gasteiger charge is -2.19. The molecule has 0 saturated carbocycles. The number of hydrogen-bond donors (Lipinski definition) is 1. The molecule has 84 valence electrons. The number of hydrogen-bond acceptors (Lipinski definition) is 2. The third kappa shape index (κ3) is 3.32. The molecule has 0 aliphatic carbocycles. The lowest BCUT2D eigenvalue weighted by molar-refractivity contribution is 0.156. The molecule has 0 aliphatic heterocycles. The highest BCUT2D eigenvalue weighted by molar-refractivity contribution is 6.31. The summed E-state index contributed by atoms with van der Waals surface area (Å²) < 4.78 is 24.2. The Bertz CT molecular complexity index is 331. The zero-order valence-electron chi connectivity index (χ0n) is 8.38. The van der Waals surface area contributed by atoms with Gasteiger partial charge < -0.3 is 10.6 Å². The average Bonchev–Trinajstić information content (AvgIpc) is 2.16. The zero-order valence-corrected chi connectivity index (χ0v) is 9.14. The van der Waals surface area contributed by atoms with Gasteiger partial charge in [-0.1, -0.05) is 17.7 Å². The molecular weight excluding hydrogens is 222 g/mol. The highest BCUT2D eigenvalue weighted by atomic mass is 35.5. The minimum absolute atomic E-state index is 0.307. The maximum absolute atomic E-state index is 12.1. The van der Waals surface area contributed by atoms with E-state index in [9.17, 15) is 8.78 Å². The van der Waals surface area contributed by atoms with Gasteiger partial charge in [0.05, 0.1) is 6.54 Å². The zero-order chi connectivity index (χ0) is 11.4. The molecule has 0 saturated heterocycles. The third-order valence-corrected chi connectivity index (χ3v) is 2.46. The van der Waals surface area contributed by atoms with Crippen molar-refractivity contribution in [3.8, 4) is 0 Å². The Kier molecular flexibility index (Phi) is 4.29. The fourth-order valence-corrected chi connectivity index (χ4v) is 1.50. The van der Waals surface area contributed by atoms with Crippen molar-refractivity contribution < 1.29 is 8.78 Å². The van der Waals surface area contributed by atoms with Crippen LogP contribution in [0.4, 0.5) is 14.5 Å². The predicted molar refractivity (Wildman–Crippen MR) is 58.6 cm³/mol. The van der Waals surface area contributed by atoms with Crippen molar-refractivity contribution >= 4 is 17.3 Å². The Morgan fingerprint density at radius 3 is 2.60 bits per heavy atom. The molecule has 5 heteroatoms. The van der Waals surface area contributed by atoms with Gasteiger partial charge in [-0.3, -0.25) is 0 Å². The van der Waals surface area contributed by atoms with E-state index >= 15 is 0 Å². The van der Waals surface area contributed by atoms with E-state index in [1.807, 2.05) is 0 Å². The van der Waals surface area contributed by atoms with Gasteiger partial charge in [-0.05, 0) is 17.7 Å². The van der Waals surface area contributed by atoms with Crippen LogP contribution in [0, 0.1) is 0 Å². The molecule has 0 spiro atoms. The number of nitrogens with zero attached hydrogens (tertiary/aromatic N) is 1. The fourth-order valence-electron chi connectivity index (χ4n) is 1.25. The second-order valence-electron chi connectivity index (χ2n) is 3.25. The van der Waals surface area contributed by atoms with E-state index in [4.69, 9.17) is 17.3 Å². The highest BCUT2D eigenvalue weighted by Crippen LogP contribution is 2.23. The lowest BCUT2D eigenvalue weighted by Crippen LogP contribution is -2.23. The van der Waals surface area contributed by atoms with Crippen LogP contribution in [0.5, 0.6) is 0 Å². The molecule has 0 amide bonds. The molecule has 0 unspecified atom stereocenters. The summed E-state index contributed by atoms with van der Waals surface area (Å²) in [5.74, 6) is 0. The molecular formula is C10H13ClF2N2. The Morgan fingerprint density at radius 2 is 2.13 bits per heavy atom. The van der Waals surface area contributed by atoms with Crippen molar-refractivity contribution in [1.82, 2.24) is 0 Å². The predicted octanol–water partition coefficient (Wildman–Crippen LogP) is 2.50. The molecule has 2 N–H and O–H groups in total. The maximum Gasteiger partial charge on any atom is 0.255 e. The summed E-state index contributed by atoms with van der Waals surface area (Å²) in [5, 5.41) is 0.510. The number of rotatable bonds is 4. The van der Waals surface area contributed by atoms with Crippen molar-refractivity contribution in [2.45, 2.75) is 13.0 Å². The standard InChI is InChI=1S/C10H13ClF2N2/c1-15(6-10(12)13)8-3-2-7(5-14)9(11)4-8/h2-4,10H,5-6,14H2,1H3. The van der Waals surface area contributed by atoms with Crippen molar-refractivity contribution in [1.29, 1.82) is 0 Å². The largest absolute Gasteiger partial charge is 0.369 e. The Balaban J connectivity index is 2.82. The number of anilines is 1. The minimum Gasteiger partial charge on any atom is -0.369 e. The van der Waals surface area contributed by atoms with E-state index in [0.717, 1.165) is 5.56 Å². The van der Waals surface area contributed by atoms with E-state index in [0.29, 0.717) is 17.3 Å². The molecule has 15 heavy (non-hydrogen) atoms. The number of halogens is 3. The molecule has 1 aromatic carbocycles. The summed E-state index contributed by atoms with van der Waals surface area (Å²) in [6, 6.07) is 5.13. The summed E-state index contributed by atoms with van der Waals surface area (Å²) in [6.07, 6.45) is -2.36. The van der Waals surface area contributed by atoms with Gasteiger partial charge in [-0.25, -0.2) is 8.78 Å². The first-order chi connectivity index (χ1) is 7.04. The van der Waals surface area contributed by atoms with Gasteiger partial charge in [0.2, 0.25) is 0 Å². The van der Waals surface area contributed by atoms with Crippen LogP contribution in [0.25, 0.3) is 0 Å². The molecule has 0 fully saturated rings. The van der Waals surface area contributed by atoms with Crippen molar-refractivity contribution in [2.24, 2.45) is 5.73 Å². The minimum atomic E-state index is -2.36. The Hall–Kier alpha value is -0.870. The molecule has 1 rings (SSSR count). The Morgan fingerprint density at radius 1 is 1.47 bits per heavy atom. The fraction of sp³-hybridized carbons (Fsp3) is 0.400. The molecule has 0 heterocycles. The van der Waals surface area contributed by atoms with Gasteiger partial charge in [-0.15, -0.1) is 0 Å². The van der Waals surface area contributed by atoms with E-state index in [1.165, 1.54) is 4.90 Å². The second kappa shape index (κ2) is 5.28. The van der Waals surface area contributed by atoms with Gasteiger partial charge in [-0.2, -0.15) is 0 Å². The first-order valence-corrected chi connectivity index (χ1v) is 4.90. The summed E-state index contributed by atoms with van der Waals surface area (Å²) in [4.78, 5) is 1.46. The molecule has 1 aromatic rings. The normalized spacial score (nSPS) is 10.8. The van der Waals surface area contributed by atoms with Gasteiger partial charge >= 0.3 is 0 Å². The van der Waals surface area contributed by atoms with Crippen LogP contribution in [-0.2, 0) is 6.54 Å². The van der Waals surface area contributed by atoms with Gasteiger partial charge in [0.15, 0.2) is 0 Å². The second-order valence-corrected chi connectivity index (χ2v) is 3.66. The number of nitrogens with two attached hydrogens (primary N) is 1. The van der Waals surface area contributed by atoms with Crippen LogP contribution >= 0.6 is 11.6 Å². The molecule has 0 bridgehead atoms. The van der Waals surface area contributed by atoms with Gasteiger partial charge in [0, 0.05) is 24.3 Å². The van der Waals surface area contributed by atoms with Crippen molar-refractivity contribution in [3.05, 3.63) is 28.8 Å². The number of alkyl halides is 2. The quantitative estimate of drug-likeness (QED) is 0.868. The summed E-state index contributed by atoms with van der Waals surface area (Å²) in [7, 11) is 1.60. The van der Waals surface area contributed by atoms with Gasteiger partial charge in [0.25, 0.3) is 6.43 Å². The molecule has 0 atom stereocenters. The van der Waals surface area contributed by atoms with E-state index < -0.39 is 6.43 Å². The summed E-state index contributed by atoms with van der Waals surface area (Å²) in [6.45, 7) is 0.0377. The van der Waals surface area contributed by atoms with Crippen LogP contribution < -0.4 is 10.6 Å². The van der Waals surface area contributed by atoms with Crippen LogP contribution in [0.2, 0.25) is 5.02 Å². The summed E-state index contributed by atoms with van der Waals surface area (Å²) >= 11 is 5.92. The molecule has 0 aliphatic rings. The monoisotopic (exact) mass is 234 g/mol. The van der Waals surface area contributed by atoms with Crippen LogP contribution in [0.1, 0.15) is 5.56 Å². The van der Waals surface area contributed by atoms with E-state index in [2.05, 4.69) is 0 Å². The first kappa shape index (κ1) is 12.2. The van der Waals surface area contributed by atoms with E-state index in [-0.39, 0.29) is 6.54 Å². The third-order valence-electron chi connectivity index (χ3n) is 2.11. The van der Waals surface area contributed by atoms with Crippen molar-refractivity contribution in [3.63, 3.8) is 0 Å². The van der Waals surface area contributed by atoms with Crippen molar-refractivity contribution in [2.75, 3.05) is 18.5 Å². The molecule has 0 radical (unpaired) electrons. The van der Waals surface area contributed by atoms with Crippen LogP contribution in [0.15, 0.2) is 18.2 Å². The van der Waals surface area contributed by atoms with Crippen LogP contribution in [-0.4, -0.2) is 20.0 Å².